The number of hydrogen-bond donors (Lipinski definition) is 1. The molecule has 2 aromatic rings. The third-order valence-corrected chi connectivity index (χ3v) is 6.90. The van der Waals surface area contributed by atoms with E-state index in [1.54, 1.807) is 45.0 Å². The van der Waals surface area contributed by atoms with Crippen molar-refractivity contribution in [1.82, 2.24) is 4.90 Å². The van der Waals surface area contributed by atoms with E-state index in [9.17, 15) is 32.7 Å². The molecule has 1 aliphatic heterocycles. The molecule has 1 unspecified atom stereocenters. The van der Waals surface area contributed by atoms with Gasteiger partial charge in [-0.2, -0.15) is 13.2 Å². The summed E-state index contributed by atoms with van der Waals surface area (Å²) < 4.78 is 51.7. The van der Waals surface area contributed by atoms with Crippen LogP contribution >= 0.6 is 0 Å². The minimum atomic E-state index is -4.43. The molecule has 2 aliphatic rings. The third kappa shape index (κ3) is 6.86. The Balaban J connectivity index is 1.41. The summed E-state index contributed by atoms with van der Waals surface area (Å²) in [6.45, 7) is 5.24. The summed E-state index contributed by atoms with van der Waals surface area (Å²) in [4.78, 5) is 39.7. The second-order valence-corrected chi connectivity index (χ2v) is 11.2. The minimum Gasteiger partial charge on any atom is -0.489 e. The standard InChI is InChI=1S/C29H33F3N2O6/c1-28(2,3)40-27(38)33(4)24(26(36)37)15-25(35)34-12-11-19-14-20(8-10-23(19)34)39-16-17-5-9-21(18-6-7-18)22(13-17)29(30,31)32/h5,8-10,13-14,18,24H,6-7,11-12,15-16H2,1-4H3,(H,36,37). The van der Waals surface area contributed by atoms with E-state index in [1.165, 1.54) is 18.0 Å². The van der Waals surface area contributed by atoms with Crippen LogP contribution in [0.1, 0.15) is 68.2 Å². The number of carbonyl (C=O) groups is 3. The smallest absolute Gasteiger partial charge is 0.416 e. The number of amides is 2. The molecule has 2 amide bonds. The van der Waals surface area contributed by atoms with Crippen LogP contribution in [-0.4, -0.2) is 53.2 Å². The van der Waals surface area contributed by atoms with Crippen LogP contribution in [0.25, 0.3) is 0 Å². The highest BCUT2D eigenvalue weighted by Crippen LogP contribution is 2.46. The number of alkyl halides is 3. The Kier molecular flexibility index (Phi) is 8.05. The van der Waals surface area contributed by atoms with Gasteiger partial charge in [-0.15, -0.1) is 0 Å². The first-order valence-electron chi connectivity index (χ1n) is 13.1. The average molecular weight is 563 g/mol. The number of carboxylic acid groups (broad SMARTS) is 1. The first-order valence-corrected chi connectivity index (χ1v) is 13.1. The number of fused-ring (bicyclic) bond motifs is 1. The lowest BCUT2D eigenvalue weighted by atomic mass is 10.00. The fraction of sp³-hybridized carbons (Fsp3) is 0.483. The van der Waals surface area contributed by atoms with Gasteiger partial charge in [0, 0.05) is 19.3 Å². The molecular formula is C29H33F3N2O6. The van der Waals surface area contributed by atoms with Crippen molar-refractivity contribution in [2.45, 2.75) is 76.8 Å². The number of halogens is 3. The predicted octanol–water partition coefficient (Wildman–Crippen LogP) is 5.76. The van der Waals surface area contributed by atoms with Crippen molar-refractivity contribution in [2.75, 3.05) is 18.5 Å². The first kappa shape index (κ1) is 29.2. The Morgan fingerprint density at radius 1 is 1.10 bits per heavy atom. The number of hydrogen-bond acceptors (Lipinski definition) is 5. The van der Waals surface area contributed by atoms with E-state index in [4.69, 9.17) is 9.47 Å². The van der Waals surface area contributed by atoms with Gasteiger partial charge in [-0.25, -0.2) is 9.59 Å². The highest BCUT2D eigenvalue weighted by molar-refractivity contribution is 5.98. The van der Waals surface area contributed by atoms with E-state index in [-0.39, 0.29) is 12.5 Å². The Morgan fingerprint density at radius 2 is 1.80 bits per heavy atom. The quantitative estimate of drug-likeness (QED) is 0.440. The van der Waals surface area contributed by atoms with Gasteiger partial charge in [-0.1, -0.05) is 12.1 Å². The number of benzene rings is 2. The summed E-state index contributed by atoms with van der Waals surface area (Å²) in [5.41, 5.74) is 0.681. The van der Waals surface area contributed by atoms with Gasteiger partial charge >= 0.3 is 18.2 Å². The Hall–Kier alpha value is -3.76. The van der Waals surface area contributed by atoms with Crippen molar-refractivity contribution < 1.29 is 42.1 Å². The van der Waals surface area contributed by atoms with E-state index in [0.29, 0.717) is 35.5 Å². The summed E-state index contributed by atoms with van der Waals surface area (Å²) in [7, 11) is 1.28. The van der Waals surface area contributed by atoms with Crippen LogP contribution in [0, 0.1) is 0 Å². The molecule has 0 bridgehead atoms. The number of anilines is 1. The van der Waals surface area contributed by atoms with Gasteiger partial charge in [0.2, 0.25) is 5.91 Å². The van der Waals surface area contributed by atoms with Crippen molar-refractivity contribution in [3.05, 3.63) is 58.7 Å². The zero-order valence-corrected chi connectivity index (χ0v) is 22.9. The summed E-state index contributed by atoms with van der Waals surface area (Å²) in [5.74, 6) is -1.38. The molecule has 1 N–H and O–H groups in total. The number of carboxylic acids is 1. The van der Waals surface area contributed by atoms with Crippen LogP contribution in [0.3, 0.4) is 0 Å². The normalized spacial score (nSPS) is 15.8. The van der Waals surface area contributed by atoms with Crippen LogP contribution in [0.5, 0.6) is 5.75 Å². The van der Waals surface area contributed by atoms with E-state index in [0.717, 1.165) is 29.4 Å². The molecule has 0 spiro atoms. The van der Waals surface area contributed by atoms with E-state index in [1.807, 2.05) is 0 Å². The predicted molar refractivity (Wildman–Crippen MR) is 140 cm³/mol. The number of aliphatic carboxylic acids is 1. The Labute approximate surface area is 230 Å². The van der Waals surface area contributed by atoms with Gasteiger partial charge in [-0.05, 0) is 86.9 Å². The van der Waals surface area contributed by atoms with E-state index < -0.39 is 47.8 Å². The molecule has 8 nitrogen and oxygen atoms in total. The number of rotatable bonds is 8. The second-order valence-electron chi connectivity index (χ2n) is 11.2. The van der Waals surface area contributed by atoms with Crippen molar-refractivity contribution >= 4 is 23.7 Å². The molecule has 4 rings (SSSR count). The third-order valence-electron chi connectivity index (χ3n) is 6.90. The summed E-state index contributed by atoms with van der Waals surface area (Å²) in [6, 6.07) is 7.94. The molecule has 0 saturated heterocycles. The van der Waals surface area contributed by atoms with Crippen molar-refractivity contribution in [3.63, 3.8) is 0 Å². The molecular weight excluding hydrogens is 529 g/mol. The SMILES string of the molecule is CN(C(=O)OC(C)(C)C)C(CC(=O)N1CCc2cc(OCc3ccc(C4CC4)c(C(F)(F)F)c3)ccc21)C(=O)O. The second kappa shape index (κ2) is 11.0. The molecule has 216 valence electrons. The largest absolute Gasteiger partial charge is 0.489 e. The van der Waals surface area contributed by atoms with Crippen LogP contribution in [-0.2, 0) is 33.5 Å². The number of nitrogens with zero attached hydrogens (tertiary/aromatic N) is 2. The molecule has 1 atom stereocenters. The molecule has 1 fully saturated rings. The number of ether oxygens (including phenoxy) is 2. The number of carbonyl (C=O) groups excluding carboxylic acids is 2. The van der Waals surface area contributed by atoms with Gasteiger partial charge in [-0.3, -0.25) is 9.69 Å². The average Bonchev–Trinajstić information content (AvgIpc) is 3.62. The highest BCUT2D eigenvalue weighted by Gasteiger charge is 2.38. The fourth-order valence-electron chi connectivity index (χ4n) is 4.71. The topological polar surface area (TPSA) is 96.4 Å². The Bertz CT molecular complexity index is 1300. The van der Waals surface area contributed by atoms with Crippen LogP contribution in [0.4, 0.5) is 23.7 Å². The lowest BCUT2D eigenvalue weighted by molar-refractivity contribution is -0.144. The molecule has 11 heteroatoms. The van der Waals surface area contributed by atoms with Crippen LogP contribution in [0.2, 0.25) is 0 Å². The molecule has 1 aliphatic carbocycles. The fourth-order valence-corrected chi connectivity index (χ4v) is 4.71. The lowest BCUT2D eigenvalue weighted by Crippen LogP contribution is -2.47. The Morgan fingerprint density at radius 3 is 2.40 bits per heavy atom. The zero-order valence-electron chi connectivity index (χ0n) is 22.9. The molecule has 2 aromatic carbocycles. The van der Waals surface area contributed by atoms with E-state index in [2.05, 4.69) is 0 Å². The maximum Gasteiger partial charge on any atom is 0.416 e. The molecule has 0 radical (unpaired) electrons. The summed E-state index contributed by atoms with van der Waals surface area (Å²) >= 11 is 0. The number of likely N-dealkylation sites (N-methyl/N-ethyl adjacent to an activating group) is 1. The van der Waals surface area contributed by atoms with E-state index >= 15 is 0 Å². The maximum atomic E-state index is 13.6. The first-order chi connectivity index (χ1) is 18.6. The molecule has 40 heavy (non-hydrogen) atoms. The van der Waals surface area contributed by atoms with Crippen molar-refractivity contribution in [2.24, 2.45) is 0 Å². The van der Waals surface area contributed by atoms with Gasteiger partial charge in [0.1, 0.15) is 24.0 Å². The summed E-state index contributed by atoms with van der Waals surface area (Å²) in [5, 5.41) is 9.68. The summed E-state index contributed by atoms with van der Waals surface area (Å²) in [6.07, 6.45) is -3.69. The van der Waals surface area contributed by atoms with Crippen molar-refractivity contribution in [1.29, 1.82) is 0 Å². The highest BCUT2D eigenvalue weighted by atomic mass is 19.4. The molecule has 1 heterocycles. The molecule has 1 saturated carbocycles. The zero-order chi connectivity index (χ0) is 29.4. The monoisotopic (exact) mass is 562 g/mol. The lowest BCUT2D eigenvalue weighted by Gasteiger charge is -2.29. The van der Waals surface area contributed by atoms with Crippen LogP contribution < -0.4 is 9.64 Å². The minimum absolute atomic E-state index is 0.0301. The van der Waals surface area contributed by atoms with Crippen molar-refractivity contribution in [3.8, 4) is 5.75 Å². The van der Waals surface area contributed by atoms with Crippen LogP contribution in [0.15, 0.2) is 36.4 Å². The van der Waals surface area contributed by atoms with Gasteiger partial charge < -0.3 is 19.5 Å². The van der Waals surface area contributed by atoms with Gasteiger partial charge in [0.15, 0.2) is 0 Å². The maximum absolute atomic E-state index is 13.6. The van der Waals surface area contributed by atoms with Gasteiger partial charge in [0.05, 0.1) is 12.0 Å². The van der Waals surface area contributed by atoms with Gasteiger partial charge in [0.25, 0.3) is 0 Å². The molecule has 0 aromatic heterocycles.